The largest absolute Gasteiger partial charge is 0.512 e. The summed E-state index contributed by atoms with van der Waals surface area (Å²) in [7, 11) is 0. The number of aliphatic hydroxyl groups is 1. The summed E-state index contributed by atoms with van der Waals surface area (Å²) in [6, 6.07) is 16.7. The molecule has 2 heterocycles. The Morgan fingerprint density at radius 1 is 1.00 bits per heavy atom. The van der Waals surface area contributed by atoms with E-state index in [1.165, 1.54) is 27.5 Å². The second kappa shape index (κ2) is 15.1. The maximum absolute atomic E-state index is 12.4. The third-order valence-electron chi connectivity index (χ3n) is 9.51. The predicted molar refractivity (Wildman–Crippen MR) is 185 cm³/mol. The Morgan fingerprint density at radius 2 is 1.67 bits per heavy atom. The van der Waals surface area contributed by atoms with Crippen molar-refractivity contribution in [3.8, 4) is 22.8 Å². The number of carbonyl (C=O) groups excluding carboxylic acids is 1. The normalized spacial score (nSPS) is 12.7. The molecular weight excluding hydrogens is 735 g/mol. The quantitative estimate of drug-likeness (QED) is 0.0919. The summed E-state index contributed by atoms with van der Waals surface area (Å²) < 4.78 is 6.39. The average Bonchev–Trinajstić information content (AvgIpc) is 3.00. The van der Waals surface area contributed by atoms with Gasteiger partial charge in [0.05, 0.1) is 5.75 Å². The van der Waals surface area contributed by atoms with Crippen molar-refractivity contribution in [2.75, 3.05) is 0 Å². The molecule has 1 aliphatic heterocycles. The standard InChI is InChI=1S/C25H22NO.C15H28O2.Ir/c1-14(2)7-17-10-18-5-6-26-25-21-12-19-9-15(3)8-16(4)20(19)13-22(21)27-23(11-17)24(18)25;1-7-12(8-2)13(16)11(5)14(17)15(6,9-3)10-4;/h5-6,8-11,13-14H,7H2,1-4H3;12,16H,7-10H2,1-6H3;/q-1;;/b;13-11-;. The predicted octanol–water partition coefficient (Wildman–Crippen LogP) is 11.4. The van der Waals surface area contributed by atoms with Gasteiger partial charge in [0, 0.05) is 54.3 Å². The van der Waals surface area contributed by atoms with Crippen LogP contribution in [0.4, 0.5) is 0 Å². The van der Waals surface area contributed by atoms with Crippen LogP contribution in [0.15, 0.2) is 53.9 Å². The Hall–Kier alpha value is -3.01. The van der Waals surface area contributed by atoms with Crippen molar-refractivity contribution < 1.29 is 34.7 Å². The molecule has 5 rings (SSSR count). The molecule has 4 aromatic rings. The van der Waals surface area contributed by atoms with Crippen LogP contribution in [0.25, 0.3) is 32.8 Å². The van der Waals surface area contributed by atoms with Gasteiger partial charge in [0.2, 0.25) is 0 Å². The van der Waals surface area contributed by atoms with Gasteiger partial charge in [-0.1, -0.05) is 88.7 Å². The number of aliphatic hydroxyl groups excluding tert-OH is 1. The van der Waals surface area contributed by atoms with Crippen molar-refractivity contribution in [1.82, 2.24) is 4.98 Å². The van der Waals surface area contributed by atoms with Gasteiger partial charge in [0.1, 0.15) is 11.5 Å². The summed E-state index contributed by atoms with van der Waals surface area (Å²) >= 11 is 0. The number of pyridine rings is 1. The molecule has 1 N–H and O–H groups in total. The van der Waals surface area contributed by atoms with E-state index in [4.69, 9.17) is 9.72 Å². The minimum Gasteiger partial charge on any atom is -0.512 e. The Balaban J connectivity index is 0.000000270. The van der Waals surface area contributed by atoms with Crippen molar-refractivity contribution in [2.45, 2.75) is 101 Å². The number of hydrogen-bond donors (Lipinski definition) is 1. The minimum absolute atomic E-state index is 0. The maximum atomic E-state index is 12.4. The number of carbonyl (C=O) groups is 1. The number of Topliss-reactive ketones (excluding diaryl/α,β-unsaturated/α-hetero) is 1. The number of benzene rings is 3. The van der Waals surface area contributed by atoms with E-state index in [9.17, 15) is 9.90 Å². The van der Waals surface area contributed by atoms with Crippen LogP contribution in [0.1, 0.15) is 97.8 Å². The summed E-state index contributed by atoms with van der Waals surface area (Å²) in [5, 5.41) is 14.8. The fourth-order valence-corrected chi connectivity index (χ4v) is 6.37. The molecule has 0 unspecified atom stereocenters. The van der Waals surface area contributed by atoms with E-state index in [2.05, 4.69) is 70.2 Å². The molecule has 1 aliphatic rings. The first-order chi connectivity index (χ1) is 20.9. The number of hydrogen-bond acceptors (Lipinski definition) is 4. The third kappa shape index (κ3) is 7.53. The van der Waals surface area contributed by atoms with Gasteiger partial charge in [-0.25, -0.2) is 0 Å². The van der Waals surface area contributed by atoms with Crippen LogP contribution in [0.5, 0.6) is 11.5 Å². The van der Waals surface area contributed by atoms with Gasteiger partial charge in [-0.3, -0.25) is 9.78 Å². The van der Waals surface area contributed by atoms with E-state index < -0.39 is 0 Å². The fraction of sp³-hybridized carbons (Fsp3) is 0.450. The van der Waals surface area contributed by atoms with Crippen LogP contribution in [-0.2, 0) is 31.3 Å². The molecule has 1 radical (unpaired) electrons. The zero-order valence-electron chi connectivity index (χ0n) is 28.8. The van der Waals surface area contributed by atoms with E-state index >= 15 is 0 Å². The molecule has 0 saturated heterocycles. The van der Waals surface area contributed by atoms with Crippen LogP contribution >= 0.6 is 0 Å². The van der Waals surface area contributed by atoms with Crippen LogP contribution in [0.2, 0.25) is 0 Å². The van der Waals surface area contributed by atoms with Crippen molar-refractivity contribution in [3.05, 3.63) is 76.7 Å². The average molecular weight is 785 g/mol. The molecule has 0 spiro atoms. The number of rotatable bonds is 9. The first-order valence-corrected chi connectivity index (χ1v) is 16.4. The summed E-state index contributed by atoms with van der Waals surface area (Å²) in [6.45, 7) is 20.7. The SMILES string of the molecule is CCC(CC)/C(O)=C(\C)C(=O)C(C)(CC)CC.Cc1cc(C)c2cc3c([c-]c2c1)-c1nccc2cc(CC(C)C)cc(c12)O3.[Ir]. The molecule has 3 aromatic carbocycles. The monoisotopic (exact) mass is 785 g/mol. The fourth-order valence-electron chi connectivity index (χ4n) is 6.37. The van der Waals surface area contributed by atoms with E-state index in [0.29, 0.717) is 17.3 Å². The van der Waals surface area contributed by atoms with E-state index in [-0.39, 0.29) is 37.2 Å². The van der Waals surface area contributed by atoms with Gasteiger partial charge >= 0.3 is 0 Å². The van der Waals surface area contributed by atoms with Crippen LogP contribution in [-0.4, -0.2) is 15.9 Å². The van der Waals surface area contributed by atoms with Crippen molar-refractivity contribution in [2.24, 2.45) is 17.3 Å². The van der Waals surface area contributed by atoms with Crippen molar-refractivity contribution in [3.63, 3.8) is 0 Å². The first-order valence-electron chi connectivity index (χ1n) is 16.4. The molecule has 243 valence electrons. The molecule has 0 aliphatic carbocycles. The maximum Gasteiger partial charge on any atom is 0.167 e. The van der Waals surface area contributed by atoms with Crippen LogP contribution < -0.4 is 4.74 Å². The Labute approximate surface area is 284 Å². The molecule has 4 nitrogen and oxygen atoms in total. The van der Waals surface area contributed by atoms with E-state index in [1.54, 1.807) is 6.92 Å². The number of nitrogens with zero attached hydrogens (tertiary/aromatic N) is 1. The topological polar surface area (TPSA) is 59.4 Å². The number of aromatic nitrogens is 1. The molecule has 0 bridgehead atoms. The second-order valence-corrected chi connectivity index (χ2v) is 13.2. The molecule has 5 heteroatoms. The molecule has 0 amide bonds. The molecule has 45 heavy (non-hydrogen) atoms. The van der Waals surface area contributed by atoms with Crippen LogP contribution in [0.3, 0.4) is 0 Å². The number of ketones is 1. The number of fused-ring (bicyclic) bond motifs is 3. The Morgan fingerprint density at radius 3 is 2.27 bits per heavy atom. The summed E-state index contributed by atoms with van der Waals surface area (Å²) in [5.74, 6) is 2.90. The zero-order chi connectivity index (χ0) is 32.3. The number of allylic oxidation sites excluding steroid dienone is 2. The number of ether oxygens (including phenoxy) is 1. The molecule has 0 atom stereocenters. The summed E-state index contributed by atoms with van der Waals surface area (Å²) in [4.78, 5) is 17.1. The molecular formula is C40H50IrNO3-. The van der Waals surface area contributed by atoms with Gasteiger partial charge < -0.3 is 9.84 Å². The summed E-state index contributed by atoms with van der Waals surface area (Å²) in [5.41, 5.74) is 5.97. The Bertz CT molecular complexity index is 1710. The van der Waals surface area contributed by atoms with E-state index in [0.717, 1.165) is 65.6 Å². The summed E-state index contributed by atoms with van der Waals surface area (Å²) in [6.07, 6.45) is 6.32. The third-order valence-corrected chi connectivity index (χ3v) is 9.51. The molecule has 1 aromatic heterocycles. The first kappa shape index (κ1) is 36.5. The molecule has 0 fully saturated rings. The van der Waals surface area contributed by atoms with Crippen LogP contribution in [0, 0.1) is 37.2 Å². The van der Waals surface area contributed by atoms with Gasteiger partial charge in [-0.15, -0.1) is 17.5 Å². The Kier molecular flexibility index (Phi) is 12.2. The second-order valence-electron chi connectivity index (χ2n) is 13.2. The van der Waals surface area contributed by atoms with Gasteiger partial charge in [-0.05, 0) is 81.9 Å². The minimum atomic E-state index is -0.329. The van der Waals surface area contributed by atoms with Crippen molar-refractivity contribution in [1.29, 1.82) is 0 Å². The molecule has 0 saturated carbocycles. The van der Waals surface area contributed by atoms with Gasteiger partial charge in [0.25, 0.3) is 0 Å². The van der Waals surface area contributed by atoms with E-state index in [1.807, 2.05) is 40.8 Å². The van der Waals surface area contributed by atoms with Crippen molar-refractivity contribution >= 4 is 27.3 Å². The smallest absolute Gasteiger partial charge is 0.167 e. The van der Waals surface area contributed by atoms with Gasteiger partial charge in [-0.2, -0.15) is 0 Å². The number of aryl methyl sites for hydroxylation is 2. The van der Waals surface area contributed by atoms with Gasteiger partial charge in [0.15, 0.2) is 5.78 Å². The zero-order valence-corrected chi connectivity index (χ0v) is 31.2.